The molecule has 0 fully saturated rings. The summed E-state index contributed by atoms with van der Waals surface area (Å²) in [6, 6.07) is 10.3. The fraction of sp³-hybridized carbons (Fsp3) is 0.250. The van der Waals surface area contributed by atoms with Crippen molar-refractivity contribution < 1.29 is 34.9 Å². The van der Waals surface area contributed by atoms with Crippen molar-refractivity contribution in [3.05, 3.63) is 42.1 Å². The van der Waals surface area contributed by atoms with Gasteiger partial charge < -0.3 is 5.11 Å². The molecule has 1 aromatic carbocycles. The van der Waals surface area contributed by atoms with Gasteiger partial charge in [0.25, 0.3) is 0 Å². The number of aromatic nitrogens is 1. The average molecular weight is 333 g/mol. The Kier molecular flexibility index (Phi) is 4.29. The molecule has 2 nitrogen and oxygen atoms in total. The Bertz CT molecular complexity index is 629. The van der Waals surface area contributed by atoms with E-state index in [0.717, 1.165) is 0 Å². The van der Waals surface area contributed by atoms with Crippen LogP contribution in [0.2, 0.25) is 0 Å². The van der Waals surface area contributed by atoms with E-state index in [-0.39, 0.29) is 6.61 Å². The molecule has 0 amide bonds. The predicted molar refractivity (Wildman–Crippen MR) is 69.5 cm³/mol. The van der Waals surface area contributed by atoms with Crippen LogP contribution in [0.3, 0.4) is 0 Å². The van der Waals surface area contributed by atoms with Gasteiger partial charge in [0.2, 0.25) is 5.52 Å². The summed E-state index contributed by atoms with van der Waals surface area (Å²) >= 11 is 0. The molecule has 0 aliphatic rings. The molecule has 9 heteroatoms. The van der Waals surface area contributed by atoms with Gasteiger partial charge in [0, 0.05) is 17.5 Å². The van der Waals surface area contributed by atoms with Gasteiger partial charge in [-0.25, -0.2) is 0 Å². The molecule has 1 heterocycles. The molecule has 0 bridgehead atoms. The van der Waals surface area contributed by atoms with E-state index in [2.05, 4.69) is 29.7 Å². The van der Waals surface area contributed by atoms with Crippen molar-refractivity contribution in [2.75, 3.05) is 6.61 Å². The van der Waals surface area contributed by atoms with Gasteiger partial charge in [0.15, 0.2) is 12.7 Å². The molecular formula is C12H14F6NOP. The number of nitrogens with zero attached hydrogens (tertiary/aromatic N) is 1. The van der Waals surface area contributed by atoms with E-state index in [0.29, 0.717) is 6.54 Å². The number of aliphatic hydroxyl groups is 1. The van der Waals surface area contributed by atoms with Crippen molar-refractivity contribution in [3.63, 3.8) is 0 Å². The van der Waals surface area contributed by atoms with Crippen LogP contribution >= 0.6 is 7.81 Å². The van der Waals surface area contributed by atoms with Crippen molar-refractivity contribution in [2.45, 2.75) is 13.5 Å². The SMILES string of the molecule is Cc1cc[n+](CCO)c2ccccc12.F[P-](F)(F)(F)(F)F. The minimum absolute atomic E-state index is 0.178. The number of aliphatic hydroxyl groups excluding tert-OH is 1. The molecular weight excluding hydrogens is 319 g/mol. The maximum atomic E-state index is 9.87. The Morgan fingerprint density at radius 1 is 1.00 bits per heavy atom. The van der Waals surface area contributed by atoms with Crippen molar-refractivity contribution in [3.8, 4) is 0 Å². The van der Waals surface area contributed by atoms with Gasteiger partial charge in [-0.1, -0.05) is 12.1 Å². The standard InChI is InChI=1S/C12H14NO.F6P/c1-10-6-7-13(8-9-14)12-5-3-2-4-11(10)12;1-7(2,3,4,5)6/h2-7,14H,8-9H2,1H3;/q+1;-1. The van der Waals surface area contributed by atoms with Gasteiger partial charge in [0.05, 0.1) is 0 Å². The number of benzene rings is 1. The zero-order chi connectivity index (χ0) is 16.4. The van der Waals surface area contributed by atoms with Gasteiger partial charge in [-0.05, 0) is 18.6 Å². The third kappa shape index (κ3) is 7.82. The number of rotatable bonds is 2. The van der Waals surface area contributed by atoms with Crippen LogP contribution in [0.25, 0.3) is 10.9 Å². The first-order valence-corrected chi connectivity index (χ1v) is 7.86. The van der Waals surface area contributed by atoms with Crippen molar-refractivity contribution in [1.82, 2.24) is 0 Å². The topological polar surface area (TPSA) is 24.1 Å². The fourth-order valence-corrected chi connectivity index (χ4v) is 1.73. The summed E-state index contributed by atoms with van der Waals surface area (Å²) in [5.74, 6) is 0. The quantitative estimate of drug-likeness (QED) is 0.476. The normalized spacial score (nSPS) is 14.9. The molecule has 0 radical (unpaired) electrons. The summed E-state index contributed by atoms with van der Waals surface area (Å²) in [5, 5.41) is 10.2. The minimum atomic E-state index is -10.7. The molecule has 2 aromatic rings. The molecule has 0 aliphatic carbocycles. The molecule has 21 heavy (non-hydrogen) atoms. The van der Waals surface area contributed by atoms with Gasteiger partial charge in [-0.15, -0.1) is 0 Å². The zero-order valence-corrected chi connectivity index (χ0v) is 11.9. The first-order valence-electron chi connectivity index (χ1n) is 5.83. The summed E-state index contributed by atoms with van der Waals surface area (Å²) in [5.41, 5.74) is 2.45. The Balaban J connectivity index is 0.000000270. The summed E-state index contributed by atoms with van der Waals surface area (Å²) in [6.45, 7) is 2.93. The van der Waals surface area contributed by atoms with Crippen LogP contribution in [0.15, 0.2) is 36.5 Å². The monoisotopic (exact) mass is 333 g/mol. The average Bonchev–Trinajstić information content (AvgIpc) is 2.29. The van der Waals surface area contributed by atoms with Crippen LogP contribution in [-0.2, 0) is 6.54 Å². The van der Waals surface area contributed by atoms with Crippen molar-refractivity contribution >= 4 is 18.7 Å². The van der Waals surface area contributed by atoms with Crippen molar-refractivity contribution in [2.24, 2.45) is 0 Å². The van der Waals surface area contributed by atoms with Gasteiger partial charge >= 0.3 is 33.0 Å². The third-order valence-corrected chi connectivity index (χ3v) is 2.48. The second kappa shape index (κ2) is 5.10. The van der Waals surface area contributed by atoms with E-state index in [1.165, 1.54) is 16.5 Å². The number of pyridine rings is 1. The molecule has 0 saturated heterocycles. The molecule has 2 rings (SSSR count). The Morgan fingerprint density at radius 3 is 2.05 bits per heavy atom. The number of hydrogen-bond donors (Lipinski definition) is 1. The summed E-state index contributed by atoms with van der Waals surface area (Å²) in [6.07, 6.45) is 2.02. The van der Waals surface area contributed by atoms with E-state index in [9.17, 15) is 25.2 Å². The van der Waals surface area contributed by atoms with Gasteiger partial charge in [-0.2, -0.15) is 4.57 Å². The Hall–Kier alpha value is -1.40. The van der Waals surface area contributed by atoms with E-state index in [4.69, 9.17) is 5.11 Å². The number of fused-ring (bicyclic) bond motifs is 1. The molecule has 0 unspecified atom stereocenters. The number of hydrogen-bond acceptors (Lipinski definition) is 1. The molecule has 0 aliphatic heterocycles. The molecule has 0 atom stereocenters. The Morgan fingerprint density at radius 2 is 1.52 bits per heavy atom. The first-order chi connectivity index (χ1) is 9.28. The third-order valence-electron chi connectivity index (χ3n) is 2.48. The van der Waals surface area contributed by atoms with Crippen molar-refractivity contribution in [1.29, 1.82) is 0 Å². The Labute approximate surface area is 116 Å². The van der Waals surface area contributed by atoms with E-state index >= 15 is 0 Å². The molecule has 0 saturated carbocycles. The fourth-order valence-electron chi connectivity index (χ4n) is 1.73. The maximum absolute atomic E-state index is 10.7. The van der Waals surface area contributed by atoms with E-state index < -0.39 is 7.81 Å². The van der Waals surface area contributed by atoms with Crippen LogP contribution < -0.4 is 4.57 Å². The van der Waals surface area contributed by atoms with E-state index in [1.54, 1.807) is 0 Å². The molecule has 0 spiro atoms. The van der Waals surface area contributed by atoms with Gasteiger partial charge in [0.1, 0.15) is 6.61 Å². The van der Waals surface area contributed by atoms with E-state index in [1.807, 2.05) is 18.3 Å². The number of para-hydroxylation sites is 1. The van der Waals surface area contributed by atoms with Crippen LogP contribution in [0, 0.1) is 6.92 Å². The molecule has 1 N–H and O–H groups in total. The first kappa shape index (κ1) is 17.7. The van der Waals surface area contributed by atoms with Crippen LogP contribution in [-0.4, -0.2) is 11.7 Å². The number of halogens is 6. The van der Waals surface area contributed by atoms with Crippen LogP contribution in [0.1, 0.15) is 5.56 Å². The van der Waals surface area contributed by atoms with Gasteiger partial charge in [-0.3, -0.25) is 0 Å². The second-order valence-electron chi connectivity index (χ2n) is 4.39. The predicted octanol–water partition coefficient (Wildman–Crippen LogP) is 4.81. The molecule has 120 valence electrons. The summed E-state index contributed by atoms with van der Waals surface area (Å²) in [7, 11) is -10.7. The number of aryl methyl sites for hydroxylation is 1. The van der Waals surface area contributed by atoms with Crippen LogP contribution in [0.4, 0.5) is 25.2 Å². The van der Waals surface area contributed by atoms with Crippen LogP contribution in [0.5, 0.6) is 0 Å². The summed E-state index contributed by atoms with van der Waals surface area (Å²) in [4.78, 5) is 0. The zero-order valence-electron chi connectivity index (χ0n) is 11.0. The summed E-state index contributed by atoms with van der Waals surface area (Å²) < 4.78 is 61.3. The molecule has 1 aromatic heterocycles. The second-order valence-corrected chi connectivity index (χ2v) is 6.31.